The van der Waals surface area contributed by atoms with Crippen LogP contribution in [0.2, 0.25) is 0 Å². The van der Waals surface area contributed by atoms with E-state index >= 15 is 0 Å². The molecule has 5 nitrogen and oxygen atoms in total. The van der Waals surface area contributed by atoms with E-state index in [1.807, 2.05) is 4.68 Å². The third-order valence-corrected chi connectivity index (χ3v) is 3.15. The summed E-state index contributed by atoms with van der Waals surface area (Å²) in [5, 5.41) is 15.3. The summed E-state index contributed by atoms with van der Waals surface area (Å²) in [5.41, 5.74) is 0.212. The maximum absolute atomic E-state index is 4.06. The van der Waals surface area contributed by atoms with Crippen molar-refractivity contribution in [3.05, 3.63) is 5.82 Å². The molecule has 0 aliphatic heterocycles. The molecule has 5 heteroatoms. The lowest BCUT2D eigenvalue weighted by Crippen LogP contribution is -2.23. The van der Waals surface area contributed by atoms with Crippen molar-refractivity contribution in [1.82, 2.24) is 25.5 Å². The lowest BCUT2D eigenvalue weighted by molar-refractivity contribution is 0.432. The molecule has 0 amide bonds. The van der Waals surface area contributed by atoms with Gasteiger partial charge in [-0.05, 0) is 43.0 Å². The molecule has 1 heterocycles. The molecule has 2 saturated carbocycles. The Morgan fingerprint density at radius 3 is 2.93 bits per heavy atom. The Bertz CT molecular complexity index is 337. The monoisotopic (exact) mass is 193 g/mol. The number of nitrogens with zero attached hydrogens (tertiary/aromatic N) is 4. The van der Waals surface area contributed by atoms with Crippen LogP contribution < -0.4 is 5.32 Å². The van der Waals surface area contributed by atoms with Crippen molar-refractivity contribution in [1.29, 1.82) is 0 Å². The predicted molar refractivity (Wildman–Crippen MR) is 50.6 cm³/mol. The zero-order chi connectivity index (χ0) is 9.60. The van der Waals surface area contributed by atoms with Gasteiger partial charge in [0.15, 0.2) is 5.82 Å². The van der Waals surface area contributed by atoms with Gasteiger partial charge in [-0.15, -0.1) is 5.10 Å². The number of nitrogens with one attached hydrogen (secondary N) is 1. The van der Waals surface area contributed by atoms with Gasteiger partial charge in [0.1, 0.15) is 0 Å². The van der Waals surface area contributed by atoms with E-state index in [-0.39, 0.29) is 5.54 Å². The van der Waals surface area contributed by atoms with E-state index < -0.39 is 0 Å². The van der Waals surface area contributed by atoms with Gasteiger partial charge in [0.2, 0.25) is 0 Å². The Morgan fingerprint density at radius 1 is 1.50 bits per heavy atom. The van der Waals surface area contributed by atoms with Crippen molar-refractivity contribution in [2.75, 3.05) is 0 Å². The first-order valence-electron chi connectivity index (χ1n) is 5.29. The van der Waals surface area contributed by atoms with Gasteiger partial charge in [-0.25, -0.2) is 4.68 Å². The Balaban J connectivity index is 1.72. The van der Waals surface area contributed by atoms with E-state index in [1.54, 1.807) is 0 Å². The van der Waals surface area contributed by atoms with Crippen molar-refractivity contribution in [3.8, 4) is 0 Å². The topological polar surface area (TPSA) is 55.6 Å². The van der Waals surface area contributed by atoms with E-state index in [4.69, 9.17) is 0 Å². The quantitative estimate of drug-likeness (QED) is 0.753. The highest BCUT2D eigenvalue weighted by atomic mass is 15.6. The predicted octanol–water partition coefficient (Wildman–Crippen LogP) is 0.434. The van der Waals surface area contributed by atoms with Gasteiger partial charge >= 0.3 is 0 Å². The van der Waals surface area contributed by atoms with Crippen LogP contribution in [0, 0.1) is 0 Å². The van der Waals surface area contributed by atoms with Gasteiger partial charge in [-0.3, -0.25) is 0 Å². The number of hydrogen-bond donors (Lipinski definition) is 1. The minimum absolute atomic E-state index is 0.212. The van der Waals surface area contributed by atoms with Crippen molar-refractivity contribution >= 4 is 0 Å². The van der Waals surface area contributed by atoms with Crippen LogP contribution in [-0.2, 0) is 12.1 Å². The second kappa shape index (κ2) is 2.76. The molecule has 0 unspecified atom stereocenters. The first-order chi connectivity index (χ1) is 6.78. The van der Waals surface area contributed by atoms with E-state index in [1.165, 1.54) is 25.7 Å². The van der Waals surface area contributed by atoms with Crippen LogP contribution in [0.4, 0.5) is 0 Å². The zero-order valence-electron chi connectivity index (χ0n) is 8.40. The average molecular weight is 193 g/mol. The normalized spacial score (nSPS) is 23.8. The minimum Gasteiger partial charge on any atom is -0.307 e. The fourth-order valence-corrected chi connectivity index (χ4v) is 1.65. The lowest BCUT2D eigenvalue weighted by atomic mass is 10.3. The van der Waals surface area contributed by atoms with Crippen molar-refractivity contribution in [2.45, 2.75) is 50.7 Å². The summed E-state index contributed by atoms with van der Waals surface area (Å²) in [4.78, 5) is 0. The van der Waals surface area contributed by atoms with Gasteiger partial charge in [-0.2, -0.15) is 0 Å². The summed E-state index contributed by atoms with van der Waals surface area (Å²) in [6, 6.07) is 0.715. The maximum atomic E-state index is 4.06. The maximum Gasteiger partial charge on any atom is 0.165 e. The van der Waals surface area contributed by atoms with Gasteiger partial charge in [0.05, 0.1) is 12.1 Å². The molecule has 3 rings (SSSR count). The molecule has 2 aliphatic carbocycles. The summed E-state index contributed by atoms with van der Waals surface area (Å²) in [6.07, 6.45) is 5.01. The summed E-state index contributed by atoms with van der Waals surface area (Å²) < 4.78 is 1.99. The van der Waals surface area contributed by atoms with E-state index in [9.17, 15) is 0 Å². The van der Waals surface area contributed by atoms with Crippen molar-refractivity contribution in [3.63, 3.8) is 0 Å². The van der Waals surface area contributed by atoms with Gasteiger partial charge < -0.3 is 5.32 Å². The summed E-state index contributed by atoms with van der Waals surface area (Å²) >= 11 is 0. The molecule has 1 aromatic heterocycles. The Hall–Kier alpha value is -0.970. The van der Waals surface area contributed by atoms with Crippen LogP contribution in [0.1, 0.15) is 38.4 Å². The zero-order valence-corrected chi connectivity index (χ0v) is 8.40. The van der Waals surface area contributed by atoms with Gasteiger partial charge in [-0.1, -0.05) is 0 Å². The molecule has 0 radical (unpaired) electrons. The standard InChI is InChI=1S/C9H15N5/c1-9(4-5-9)14-8(11-12-13-14)6-10-7-2-3-7/h7,10H,2-6H2,1H3. The highest BCUT2D eigenvalue weighted by Gasteiger charge is 2.42. The number of tetrazole rings is 1. The third-order valence-electron chi connectivity index (χ3n) is 3.15. The third kappa shape index (κ3) is 1.41. The molecule has 0 aromatic carbocycles. The van der Waals surface area contributed by atoms with E-state index in [0.717, 1.165) is 12.4 Å². The molecule has 1 N–H and O–H groups in total. The van der Waals surface area contributed by atoms with Crippen molar-refractivity contribution in [2.24, 2.45) is 0 Å². The summed E-state index contributed by atoms with van der Waals surface area (Å²) in [7, 11) is 0. The van der Waals surface area contributed by atoms with Crippen molar-refractivity contribution < 1.29 is 0 Å². The first kappa shape index (κ1) is 8.35. The first-order valence-corrected chi connectivity index (χ1v) is 5.29. The fourth-order valence-electron chi connectivity index (χ4n) is 1.65. The minimum atomic E-state index is 0.212. The van der Waals surface area contributed by atoms with E-state index in [2.05, 4.69) is 27.8 Å². The highest BCUT2D eigenvalue weighted by Crippen LogP contribution is 2.42. The van der Waals surface area contributed by atoms with Crippen LogP contribution in [-0.4, -0.2) is 26.2 Å². The molecule has 0 bridgehead atoms. The second-order valence-corrected chi connectivity index (χ2v) is 4.66. The molecule has 76 valence electrons. The van der Waals surface area contributed by atoms with Crippen LogP contribution in [0.3, 0.4) is 0 Å². The van der Waals surface area contributed by atoms with Gasteiger partial charge in [0, 0.05) is 6.04 Å². The number of hydrogen-bond acceptors (Lipinski definition) is 4. The molecule has 0 saturated heterocycles. The summed E-state index contributed by atoms with van der Waals surface area (Å²) in [5.74, 6) is 0.983. The average Bonchev–Trinajstić information content (AvgIpc) is 3.08. The SMILES string of the molecule is CC1(n2nnnc2CNC2CC2)CC1. The highest BCUT2D eigenvalue weighted by molar-refractivity contribution is 5.00. The molecule has 14 heavy (non-hydrogen) atoms. The number of rotatable bonds is 4. The Morgan fingerprint density at radius 2 is 2.29 bits per heavy atom. The molecule has 0 atom stereocenters. The van der Waals surface area contributed by atoms with E-state index in [0.29, 0.717) is 6.04 Å². The fraction of sp³-hybridized carbons (Fsp3) is 0.889. The molecule has 1 aromatic rings. The number of aromatic nitrogens is 4. The van der Waals surface area contributed by atoms with Crippen LogP contribution in [0.25, 0.3) is 0 Å². The molecular formula is C9H15N5. The molecule has 2 aliphatic rings. The largest absolute Gasteiger partial charge is 0.307 e. The molecule has 0 spiro atoms. The van der Waals surface area contributed by atoms with Gasteiger partial charge in [0.25, 0.3) is 0 Å². The lowest BCUT2D eigenvalue weighted by Gasteiger charge is -2.10. The van der Waals surface area contributed by atoms with Crippen LogP contribution in [0.15, 0.2) is 0 Å². The Kier molecular flexibility index (Phi) is 1.65. The smallest absolute Gasteiger partial charge is 0.165 e. The second-order valence-electron chi connectivity index (χ2n) is 4.66. The Labute approximate surface area is 82.9 Å². The summed E-state index contributed by atoms with van der Waals surface area (Å²) in [6.45, 7) is 3.03. The molecular weight excluding hydrogens is 178 g/mol. The molecule has 2 fully saturated rings. The van der Waals surface area contributed by atoms with Crippen LogP contribution >= 0.6 is 0 Å². The van der Waals surface area contributed by atoms with Crippen LogP contribution in [0.5, 0.6) is 0 Å².